The van der Waals surface area contributed by atoms with Crippen molar-refractivity contribution in [2.75, 3.05) is 23.8 Å². The van der Waals surface area contributed by atoms with Gasteiger partial charge in [0.15, 0.2) is 17.5 Å². The van der Waals surface area contributed by atoms with Crippen LogP contribution in [0.25, 0.3) is 0 Å². The average Bonchev–Trinajstić information content (AvgIpc) is 3.51. The number of carbonyl (C=O) groups is 4. The van der Waals surface area contributed by atoms with Crippen LogP contribution in [0.3, 0.4) is 0 Å². The SMILES string of the molecule is Cn1c(N)c(CCCCCN)c[n+]1CC1=C(C(=O)O)N2C(=O)[C@@H](NC(=O)/C(=N\OC(C)(C)C(=O)O)c3nsc(N)n3)[C@H]2SC1. The first-order valence-corrected chi connectivity index (χ1v) is 15.4. The van der Waals surface area contributed by atoms with Crippen LogP contribution < -0.4 is 27.2 Å². The summed E-state index contributed by atoms with van der Waals surface area (Å²) in [5.74, 6) is -3.56. The van der Waals surface area contributed by atoms with E-state index >= 15 is 0 Å². The molecule has 4 rings (SSSR count). The number of nitrogens with one attached hydrogen (secondary N) is 1. The number of nitrogens with zero attached hydrogens (tertiary/aromatic N) is 6. The second-order valence-corrected chi connectivity index (χ2v) is 12.6. The number of hydrogen-bond donors (Lipinski definition) is 6. The van der Waals surface area contributed by atoms with E-state index in [0.717, 1.165) is 47.7 Å². The van der Waals surface area contributed by atoms with E-state index in [9.17, 15) is 29.4 Å². The van der Waals surface area contributed by atoms with E-state index in [2.05, 4.69) is 19.8 Å². The van der Waals surface area contributed by atoms with Crippen LogP contribution in [0, 0.1) is 0 Å². The number of β-lactam (4-membered cyclic amide) rings is 1. The molecule has 0 spiro atoms. The van der Waals surface area contributed by atoms with Crippen molar-refractivity contribution < 1.29 is 38.9 Å². The molecule has 17 nitrogen and oxygen atoms in total. The van der Waals surface area contributed by atoms with Gasteiger partial charge in [-0.25, -0.2) is 9.59 Å². The third-order valence-electron chi connectivity index (χ3n) is 7.16. The largest absolute Gasteiger partial charge is 0.478 e. The number of unbranched alkanes of at least 4 members (excludes halogenated alkanes) is 2. The zero-order valence-electron chi connectivity index (χ0n) is 24.3. The molecular weight excluding hydrogens is 616 g/mol. The zero-order chi connectivity index (χ0) is 32.3. The summed E-state index contributed by atoms with van der Waals surface area (Å²) < 4.78 is 7.50. The highest BCUT2D eigenvalue weighted by Gasteiger charge is 2.55. The van der Waals surface area contributed by atoms with Gasteiger partial charge in [0.1, 0.15) is 17.1 Å². The number of amides is 2. The van der Waals surface area contributed by atoms with Gasteiger partial charge in [-0.15, -0.1) is 21.1 Å². The first-order valence-electron chi connectivity index (χ1n) is 13.6. The molecule has 2 aliphatic rings. The lowest BCUT2D eigenvalue weighted by Gasteiger charge is -2.49. The topological polar surface area (TPSA) is 258 Å². The lowest BCUT2D eigenvalue weighted by Crippen LogP contribution is -2.71. The molecule has 1 fully saturated rings. The van der Waals surface area contributed by atoms with Crippen LogP contribution in [-0.2, 0) is 44.0 Å². The maximum Gasteiger partial charge on any atom is 0.352 e. The summed E-state index contributed by atoms with van der Waals surface area (Å²) in [4.78, 5) is 60.5. The average molecular weight is 652 g/mol. The molecule has 2 aliphatic heterocycles. The smallest absolute Gasteiger partial charge is 0.352 e. The predicted octanol–water partition coefficient (Wildman–Crippen LogP) is -0.977. The molecule has 9 N–H and O–H groups in total. The Bertz CT molecular complexity index is 1530. The van der Waals surface area contributed by atoms with Crippen LogP contribution in [-0.4, -0.2) is 87.9 Å². The van der Waals surface area contributed by atoms with E-state index in [0.29, 0.717) is 17.9 Å². The van der Waals surface area contributed by atoms with Crippen molar-refractivity contribution in [1.82, 2.24) is 24.3 Å². The van der Waals surface area contributed by atoms with Crippen LogP contribution in [0.5, 0.6) is 0 Å². The van der Waals surface area contributed by atoms with Gasteiger partial charge in [0.2, 0.25) is 23.3 Å². The van der Waals surface area contributed by atoms with Gasteiger partial charge in [-0.05, 0) is 39.7 Å². The Labute approximate surface area is 260 Å². The molecule has 0 bridgehead atoms. The summed E-state index contributed by atoms with van der Waals surface area (Å²) >= 11 is 2.07. The Morgan fingerprint density at radius 1 is 1.25 bits per heavy atom. The number of anilines is 2. The molecular formula is C25H35N10O7S2+. The maximum atomic E-state index is 13.3. The number of nitrogen functional groups attached to an aromatic ring is 2. The second-order valence-electron chi connectivity index (χ2n) is 10.7. The number of carbonyl (C=O) groups excluding carboxylic acids is 2. The number of carboxylic acids is 2. The first kappa shape index (κ1) is 32.7. The van der Waals surface area contributed by atoms with Crippen molar-refractivity contribution in [3.05, 3.63) is 28.9 Å². The van der Waals surface area contributed by atoms with Gasteiger partial charge in [-0.3, -0.25) is 14.5 Å². The Hall–Kier alpha value is -4.23. The molecule has 2 aromatic rings. The summed E-state index contributed by atoms with van der Waals surface area (Å²) in [5, 5.41) is 25.0. The minimum Gasteiger partial charge on any atom is -0.478 e. The number of aryl methyl sites for hydroxylation is 1. The van der Waals surface area contributed by atoms with Crippen molar-refractivity contribution in [1.29, 1.82) is 0 Å². The number of aromatic nitrogens is 4. The van der Waals surface area contributed by atoms with E-state index in [1.54, 1.807) is 11.7 Å². The number of rotatable bonds is 14. The Kier molecular flexibility index (Phi) is 9.79. The molecule has 0 unspecified atom stereocenters. The Balaban J connectivity index is 1.52. The highest BCUT2D eigenvalue weighted by atomic mass is 32.2. The van der Waals surface area contributed by atoms with Gasteiger partial charge in [0.25, 0.3) is 11.8 Å². The minimum atomic E-state index is -1.79. The van der Waals surface area contributed by atoms with Crippen LogP contribution in [0.4, 0.5) is 10.9 Å². The number of oxime groups is 1. The Morgan fingerprint density at radius 3 is 2.59 bits per heavy atom. The van der Waals surface area contributed by atoms with Crippen molar-refractivity contribution >= 4 is 63.7 Å². The summed E-state index contributed by atoms with van der Waals surface area (Å²) in [5.41, 5.74) is 16.5. The molecule has 44 heavy (non-hydrogen) atoms. The molecule has 2 atom stereocenters. The predicted molar refractivity (Wildman–Crippen MR) is 160 cm³/mol. The molecule has 19 heteroatoms. The number of aliphatic carboxylic acids is 2. The summed E-state index contributed by atoms with van der Waals surface area (Å²) in [6.07, 6.45) is 5.46. The molecule has 2 amide bonds. The number of thioether (sulfide) groups is 1. The van der Waals surface area contributed by atoms with Crippen molar-refractivity contribution in [3.8, 4) is 0 Å². The van der Waals surface area contributed by atoms with Gasteiger partial charge in [0, 0.05) is 22.9 Å². The lowest BCUT2D eigenvalue weighted by molar-refractivity contribution is -0.765. The van der Waals surface area contributed by atoms with Crippen LogP contribution in [0.1, 0.15) is 44.5 Å². The fraction of sp³-hybridized carbons (Fsp3) is 0.520. The molecule has 238 valence electrons. The first-order chi connectivity index (χ1) is 20.8. The number of fused-ring (bicyclic) bond motifs is 1. The highest BCUT2D eigenvalue weighted by Crippen LogP contribution is 2.40. The second kappa shape index (κ2) is 13.2. The third-order valence-corrected chi connectivity index (χ3v) is 9.04. The van der Waals surface area contributed by atoms with Gasteiger partial charge in [-0.2, -0.15) is 9.36 Å². The van der Waals surface area contributed by atoms with Crippen molar-refractivity contribution in [2.24, 2.45) is 17.9 Å². The van der Waals surface area contributed by atoms with E-state index in [1.807, 2.05) is 10.9 Å². The molecule has 2 aromatic heterocycles. The standard InChI is InChI=1S/C25H34N10O7S2/c1-25(2,23(40)41)42-31-14(18-30-24(28)44-32-18)19(36)29-15-20(37)35-16(22(38)39)13(11-43-21(15)35)10-34-9-12(17(27)33(34)3)7-5-4-6-8-26/h9,15,21,27H,4-8,10-11,26H2,1-3H3,(H5,28,29,30,32,36,38,39,40,41)/p+1/b31-14-/t15-,21-/m1/s1. The molecule has 1 saturated heterocycles. The highest BCUT2D eigenvalue weighted by molar-refractivity contribution is 8.00. The van der Waals surface area contributed by atoms with Crippen molar-refractivity contribution in [3.63, 3.8) is 0 Å². The fourth-order valence-corrected chi connectivity index (χ4v) is 6.35. The van der Waals surface area contributed by atoms with Gasteiger partial charge in [0.05, 0.1) is 12.6 Å². The monoisotopic (exact) mass is 651 g/mol. The number of carboxylic acid groups (broad SMARTS) is 2. The molecule has 0 saturated carbocycles. The number of nitrogens with two attached hydrogens (primary N) is 3. The maximum absolute atomic E-state index is 13.3. The normalized spacial score (nSPS) is 18.6. The van der Waals surface area contributed by atoms with E-state index in [1.165, 1.54) is 25.6 Å². The summed E-state index contributed by atoms with van der Waals surface area (Å²) in [6.45, 7) is 3.27. The molecule has 0 radical (unpaired) electrons. The van der Waals surface area contributed by atoms with Crippen molar-refractivity contribution in [2.45, 2.75) is 63.1 Å². The van der Waals surface area contributed by atoms with Gasteiger partial charge in [-0.1, -0.05) is 11.6 Å². The van der Waals surface area contributed by atoms with E-state index in [4.69, 9.17) is 22.0 Å². The van der Waals surface area contributed by atoms with E-state index < -0.39 is 46.5 Å². The summed E-state index contributed by atoms with van der Waals surface area (Å²) in [6, 6.07) is -1.10. The minimum absolute atomic E-state index is 0.0204. The van der Waals surface area contributed by atoms with Crippen LogP contribution >= 0.6 is 23.3 Å². The quantitative estimate of drug-likeness (QED) is 0.0473. The lowest BCUT2D eigenvalue weighted by atomic mass is 10.0. The Morgan fingerprint density at radius 2 is 1.98 bits per heavy atom. The molecule has 0 aromatic carbocycles. The molecule has 4 heterocycles. The van der Waals surface area contributed by atoms with E-state index in [-0.39, 0.29) is 29.0 Å². The third kappa shape index (κ3) is 6.63. The molecule has 0 aliphatic carbocycles. The fourth-order valence-electron chi connectivity index (χ4n) is 4.58. The number of hydrogen-bond acceptors (Lipinski definition) is 13. The van der Waals surface area contributed by atoms with Crippen LogP contribution in [0.15, 0.2) is 22.6 Å². The van der Waals surface area contributed by atoms with Crippen LogP contribution in [0.2, 0.25) is 0 Å². The zero-order valence-corrected chi connectivity index (χ0v) is 26.0. The van der Waals surface area contributed by atoms with Gasteiger partial charge >= 0.3 is 11.9 Å². The summed E-state index contributed by atoms with van der Waals surface area (Å²) in [7, 11) is 1.78. The van der Waals surface area contributed by atoms with Gasteiger partial charge < -0.3 is 37.6 Å².